The van der Waals surface area contributed by atoms with Gasteiger partial charge in [0.25, 0.3) is 0 Å². The van der Waals surface area contributed by atoms with E-state index in [4.69, 9.17) is 11.6 Å². The minimum Gasteiger partial charge on any atom is -0.300 e. The third-order valence-electron chi connectivity index (χ3n) is 2.63. The lowest BCUT2D eigenvalue weighted by Gasteiger charge is -2.33. The van der Waals surface area contributed by atoms with Crippen LogP contribution in [0.25, 0.3) is 0 Å². The second-order valence-corrected chi connectivity index (χ2v) is 5.50. The number of thiophene rings is 1. The fourth-order valence-electron chi connectivity index (χ4n) is 1.14. The van der Waals surface area contributed by atoms with Gasteiger partial charge in [0, 0.05) is 22.8 Å². The lowest BCUT2D eigenvalue weighted by Crippen LogP contribution is -2.43. The highest BCUT2D eigenvalue weighted by Crippen LogP contribution is 2.16. The zero-order valence-electron chi connectivity index (χ0n) is 9.09. The van der Waals surface area contributed by atoms with Gasteiger partial charge in [-0.3, -0.25) is 4.90 Å². The minimum atomic E-state index is 0.0960. The Morgan fingerprint density at radius 1 is 1.50 bits per heavy atom. The molecule has 0 spiro atoms. The maximum Gasteiger partial charge on any atom is 0.0402 e. The average Bonchev–Trinajstić information content (AvgIpc) is 2.66. The normalized spacial score (nSPS) is 12.4. The first-order valence-electron chi connectivity index (χ1n) is 4.86. The summed E-state index contributed by atoms with van der Waals surface area (Å²) in [5, 5.41) is 2.13. The van der Waals surface area contributed by atoms with Crippen molar-refractivity contribution in [1.82, 2.24) is 4.90 Å². The quantitative estimate of drug-likeness (QED) is 0.704. The van der Waals surface area contributed by atoms with E-state index in [1.165, 1.54) is 4.88 Å². The smallest absolute Gasteiger partial charge is 0.0402 e. The van der Waals surface area contributed by atoms with Crippen LogP contribution in [0.4, 0.5) is 0 Å². The number of halogens is 1. The van der Waals surface area contributed by atoms with Gasteiger partial charge in [0.2, 0.25) is 0 Å². The van der Waals surface area contributed by atoms with Gasteiger partial charge < -0.3 is 0 Å². The van der Waals surface area contributed by atoms with Gasteiger partial charge in [0.05, 0.1) is 0 Å². The molecule has 0 aliphatic rings. The van der Waals surface area contributed by atoms with Crippen LogP contribution in [0.2, 0.25) is 0 Å². The van der Waals surface area contributed by atoms with Gasteiger partial charge in [0.1, 0.15) is 0 Å². The maximum absolute atomic E-state index is 5.91. The monoisotopic (exact) mass is 231 g/mol. The second kappa shape index (κ2) is 5.15. The summed E-state index contributed by atoms with van der Waals surface area (Å²) in [7, 11) is 2.13. The third-order valence-corrected chi connectivity index (χ3v) is 4.22. The van der Waals surface area contributed by atoms with E-state index >= 15 is 0 Å². The highest BCUT2D eigenvalue weighted by Gasteiger charge is 2.21. The molecule has 1 aromatic heterocycles. The topological polar surface area (TPSA) is 3.24 Å². The molecule has 0 saturated heterocycles. The second-order valence-electron chi connectivity index (χ2n) is 4.20. The molecule has 0 N–H and O–H groups in total. The van der Waals surface area contributed by atoms with Gasteiger partial charge in [-0.25, -0.2) is 0 Å². The third kappa shape index (κ3) is 3.26. The molecule has 0 aliphatic heterocycles. The molecule has 0 bridgehead atoms. The van der Waals surface area contributed by atoms with E-state index in [1.54, 1.807) is 0 Å². The first-order valence-corrected chi connectivity index (χ1v) is 6.27. The van der Waals surface area contributed by atoms with Crippen molar-refractivity contribution in [3.63, 3.8) is 0 Å². The summed E-state index contributed by atoms with van der Waals surface area (Å²) >= 11 is 7.73. The lowest BCUT2D eigenvalue weighted by molar-refractivity contribution is 0.182. The first kappa shape index (κ1) is 12.0. The molecule has 0 saturated carbocycles. The molecule has 0 aromatic carbocycles. The number of rotatable bonds is 5. The summed E-state index contributed by atoms with van der Waals surface area (Å²) in [6.07, 6.45) is 1.12. The number of alkyl halides is 1. The summed E-state index contributed by atoms with van der Waals surface area (Å²) in [4.78, 5) is 3.77. The molecule has 0 radical (unpaired) electrons. The fraction of sp³-hybridized carbons (Fsp3) is 0.636. The van der Waals surface area contributed by atoms with E-state index in [0.717, 1.165) is 13.0 Å². The average molecular weight is 232 g/mol. The number of hydrogen-bond acceptors (Lipinski definition) is 2. The molecule has 14 heavy (non-hydrogen) atoms. The highest BCUT2D eigenvalue weighted by atomic mass is 35.5. The molecule has 3 heteroatoms. The molecule has 0 unspecified atom stereocenters. The Balaban J connectivity index is 2.38. The number of hydrogen-bond donors (Lipinski definition) is 0. The predicted molar refractivity (Wildman–Crippen MR) is 65.5 cm³/mol. The van der Waals surface area contributed by atoms with Crippen LogP contribution in [0.1, 0.15) is 18.7 Å². The standard InChI is InChI=1S/C11H18ClNS/c1-11(2,9-12)13(3)7-6-10-5-4-8-14-10/h4-5,8H,6-7,9H2,1-3H3. The van der Waals surface area contributed by atoms with E-state index in [-0.39, 0.29) is 5.54 Å². The van der Waals surface area contributed by atoms with Crippen molar-refractivity contribution in [3.8, 4) is 0 Å². The SMILES string of the molecule is CN(CCc1cccs1)C(C)(C)CCl. The summed E-state index contributed by atoms with van der Waals surface area (Å²) in [5.41, 5.74) is 0.0960. The van der Waals surface area contributed by atoms with Gasteiger partial charge in [-0.15, -0.1) is 22.9 Å². The van der Waals surface area contributed by atoms with Crippen LogP contribution in [-0.2, 0) is 6.42 Å². The van der Waals surface area contributed by atoms with Crippen LogP contribution in [-0.4, -0.2) is 29.9 Å². The van der Waals surface area contributed by atoms with E-state index in [9.17, 15) is 0 Å². The van der Waals surface area contributed by atoms with Crippen molar-refractivity contribution in [2.75, 3.05) is 19.5 Å². The summed E-state index contributed by atoms with van der Waals surface area (Å²) in [5.74, 6) is 0.675. The highest BCUT2D eigenvalue weighted by molar-refractivity contribution is 7.09. The van der Waals surface area contributed by atoms with Crippen LogP contribution in [0.5, 0.6) is 0 Å². The van der Waals surface area contributed by atoms with Crippen LogP contribution in [0.15, 0.2) is 17.5 Å². The zero-order valence-corrected chi connectivity index (χ0v) is 10.7. The van der Waals surface area contributed by atoms with Crippen molar-refractivity contribution in [2.24, 2.45) is 0 Å². The molecular weight excluding hydrogens is 214 g/mol. The molecule has 0 atom stereocenters. The van der Waals surface area contributed by atoms with Gasteiger partial charge in [-0.1, -0.05) is 6.07 Å². The molecule has 1 rings (SSSR count). The van der Waals surface area contributed by atoms with E-state index < -0.39 is 0 Å². The van der Waals surface area contributed by atoms with E-state index in [0.29, 0.717) is 5.88 Å². The maximum atomic E-state index is 5.91. The summed E-state index contributed by atoms with van der Waals surface area (Å²) in [6.45, 7) is 5.42. The Morgan fingerprint density at radius 3 is 2.71 bits per heavy atom. The molecule has 0 amide bonds. The van der Waals surface area contributed by atoms with E-state index in [1.807, 2.05) is 11.3 Å². The van der Waals surface area contributed by atoms with Gasteiger partial charge in [-0.05, 0) is 38.8 Å². The Labute approximate surface area is 95.7 Å². The van der Waals surface area contributed by atoms with Crippen molar-refractivity contribution in [2.45, 2.75) is 25.8 Å². The largest absolute Gasteiger partial charge is 0.300 e. The first-order chi connectivity index (χ1) is 6.56. The Hall–Kier alpha value is -0.0500. The van der Waals surface area contributed by atoms with Crippen molar-refractivity contribution in [3.05, 3.63) is 22.4 Å². The van der Waals surface area contributed by atoms with Crippen LogP contribution < -0.4 is 0 Å². The Kier molecular flexibility index (Phi) is 4.42. The van der Waals surface area contributed by atoms with Crippen LogP contribution in [0, 0.1) is 0 Å². The molecular formula is C11H18ClNS. The van der Waals surface area contributed by atoms with Crippen molar-refractivity contribution >= 4 is 22.9 Å². The number of likely N-dealkylation sites (N-methyl/N-ethyl adjacent to an activating group) is 1. The van der Waals surface area contributed by atoms with Gasteiger partial charge >= 0.3 is 0 Å². The summed E-state index contributed by atoms with van der Waals surface area (Å²) in [6, 6.07) is 4.29. The fourth-order valence-corrected chi connectivity index (χ4v) is 2.04. The lowest BCUT2D eigenvalue weighted by atomic mass is 10.1. The molecule has 1 aromatic rings. The number of nitrogens with zero attached hydrogens (tertiary/aromatic N) is 1. The van der Waals surface area contributed by atoms with Crippen molar-refractivity contribution < 1.29 is 0 Å². The minimum absolute atomic E-state index is 0.0960. The van der Waals surface area contributed by atoms with Crippen molar-refractivity contribution in [1.29, 1.82) is 0 Å². The summed E-state index contributed by atoms with van der Waals surface area (Å²) < 4.78 is 0. The van der Waals surface area contributed by atoms with E-state index in [2.05, 4.69) is 43.3 Å². The molecule has 0 aliphatic carbocycles. The van der Waals surface area contributed by atoms with Crippen LogP contribution >= 0.6 is 22.9 Å². The molecule has 1 heterocycles. The predicted octanol–water partition coefficient (Wildman–Crippen LogP) is 3.24. The Morgan fingerprint density at radius 2 is 2.21 bits per heavy atom. The van der Waals surface area contributed by atoms with Gasteiger partial charge in [0.15, 0.2) is 0 Å². The Bertz CT molecular complexity index is 256. The van der Waals surface area contributed by atoms with Gasteiger partial charge in [-0.2, -0.15) is 0 Å². The molecule has 80 valence electrons. The zero-order chi connectivity index (χ0) is 10.6. The molecule has 1 nitrogen and oxygen atoms in total. The van der Waals surface area contributed by atoms with Crippen LogP contribution in [0.3, 0.4) is 0 Å². The molecule has 0 fully saturated rings.